The average Bonchev–Trinajstić information content (AvgIpc) is 3.18. The fourth-order valence-corrected chi connectivity index (χ4v) is 4.36. The van der Waals surface area contributed by atoms with Crippen LogP contribution >= 0.6 is 0 Å². The Morgan fingerprint density at radius 3 is 2.84 bits per heavy atom. The maximum Gasteiger partial charge on any atom is 0.249 e. The molecule has 3 fully saturated rings. The molecule has 25 heavy (non-hydrogen) atoms. The van der Waals surface area contributed by atoms with Gasteiger partial charge in [0.05, 0.1) is 12.1 Å². The van der Waals surface area contributed by atoms with Crippen LogP contribution in [0.15, 0.2) is 16.5 Å². The molecule has 0 bridgehead atoms. The number of amides is 1. The van der Waals surface area contributed by atoms with Crippen LogP contribution < -0.4 is 5.32 Å². The highest BCUT2D eigenvalue weighted by Gasteiger charge is 2.48. The first-order valence-electron chi connectivity index (χ1n) is 9.77. The Balaban J connectivity index is 1.30. The smallest absolute Gasteiger partial charge is 0.249 e. The second-order valence-electron chi connectivity index (χ2n) is 8.30. The lowest BCUT2D eigenvalue weighted by Gasteiger charge is -2.44. The van der Waals surface area contributed by atoms with Gasteiger partial charge in [-0.1, -0.05) is 6.92 Å². The summed E-state index contributed by atoms with van der Waals surface area (Å²) in [6, 6.07) is 4.09. The molecule has 3 heterocycles. The van der Waals surface area contributed by atoms with E-state index in [2.05, 4.69) is 23.2 Å². The number of rotatable bonds is 5. The average molecular weight is 346 g/mol. The van der Waals surface area contributed by atoms with Gasteiger partial charge in [-0.15, -0.1) is 0 Å². The Kier molecular flexibility index (Phi) is 4.63. The van der Waals surface area contributed by atoms with E-state index < -0.39 is 0 Å². The summed E-state index contributed by atoms with van der Waals surface area (Å²) < 4.78 is 12.1. The van der Waals surface area contributed by atoms with Gasteiger partial charge in [0, 0.05) is 19.6 Å². The molecule has 4 rings (SSSR count). The third kappa shape index (κ3) is 3.77. The van der Waals surface area contributed by atoms with Crippen LogP contribution in [0.3, 0.4) is 0 Å². The molecule has 1 unspecified atom stereocenters. The molecule has 5 heteroatoms. The number of nitrogens with one attached hydrogen (secondary N) is 1. The highest BCUT2D eigenvalue weighted by Crippen LogP contribution is 2.42. The summed E-state index contributed by atoms with van der Waals surface area (Å²) in [5, 5.41) is 3.08. The van der Waals surface area contributed by atoms with E-state index in [1.54, 1.807) is 0 Å². The number of carbonyl (C=O) groups excluding carboxylic acids is 1. The molecule has 0 aromatic carbocycles. The van der Waals surface area contributed by atoms with Crippen molar-refractivity contribution in [3.63, 3.8) is 0 Å². The molecule has 1 N–H and O–H groups in total. The second-order valence-corrected chi connectivity index (χ2v) is 8.30. The van der Waals surface area contributed by atoms with Crippen LogP contribution in [0.5, 0.6) is 0 Å². The van der Waals surface area contributed by atoms with Crippen LogP contribution in [0.25, 0.3) is 0 Å². The topological polar surface area (TPSA) is 54.7 Å². The first-order valence-corrected chi connectivity index (χ1v) is 9.77. The van der Waals surface area contributed by atoms with Crippen LogP contribution in [0.2, 0.25) is 0 Å². The Bertz CT molecular complexity index is 624. The predicted molar refractivity (Wildman–Crippen MR) is 95.1 cm³/mol. The SMILES string of the molecule is Cc1ccc(CN2CC[C@]3(CCC(C(=O)NCC4CC4)O3)[C@@H](C)C2)o1. The van der Waals surface area contributed by atoms with E-state index in [4.69, 9.17) is 9.15 Å². The molecule has 1 amide bonds. The number of aryl methyl sites for hydroxylation is 1. The molecule has 2 saturated heterocycles. The first kappa shape index (κ1) is 17.1. The summed E-state index contributed by atoms with van der Waals surface area (Å²) >= 11 is 0. The molecule has 138 valence electrons. The number of hydrogen-bond acceptors (Lipinski definition) is 4. The molecule has 3 aliphatic rings. The summed E-state index contributed by atoms with van der Waals surface area (Å²) in [6.07, 6.45) is 5.14. The summed E-state index contributed by atoms with van der Waals surface area (Å²) in [7, 11) is 0. The normalized spacial score (nSPS) is 33.0. The van der Waals surface area contributed by atoms with Crippen molar-refractivity contribution in [2.24, 2.45) is 11.8 Å². The minimum Gasteiger partial charge on any atom is -0.465 e. The van der Waals surface area contributed by atoms with E-state index >= 15 is 0 Å². The fraction of sp³-hybridized carbons (Fsp3) is 0.750. The summed E-state index contributed by atoms with van der Waals surface area (Å²) in [5.41, 5.74) is -0.114. The quantitative estimate of drug-likeness (QED) is 0.891. The van der Waals surface area contributed by atoms with Crippen molar-refractivity contribution in [1.29, 1.82) is 0 Å². The Morgan fingerprint density at radius 2 is 2.16 bits per heavy atom. The third-order valence-electron chi connectivity index (χ3n) is 6.22. The second kappa shape index (κ2) is 6.76. The van der Waals surface area contributed by atoms with Crippen molar-refractivity contribution in [2.45, 2.75) is 64.2 Å². The molecule has 1 aromatic rings. The van der Waals surface area contributed by atoms with E-state index in [0.29, 0.717) is 11.8 Å². The van der Waals surface area contributed by atoms with Crippen LogP contribution in [0, 0.1) is 18.8 Å². The van der Waals surface area contributed by atoms with Crippen LogP contribution in [0.1, 0.15) is 50.5 Å². The maximum atomic E-state index is 12.4. The molecule has 2 aliphatic heterocycles. The zero-order chi connectivity index (χ0) is 17.4. The molecular formula is C20H30N2O3. The molecule has 1 aliphatic carbocycles. The van der Waals surface area contributed by atoms with Crippen molar-refractivity contribution < 1.29 is 13.9 Å². The van der Waals surface area contributed by atoms with Crippen molar-refractivity contribution in [2.75, 3.05) is 19.6 Å². The van der Waals surface area contributed by atoms with E-state index in [9.17, 15) is 4.79 Å². The highest BCUT2D eigenvalue weighted by atomic mass is 16.5. The van der Waals surface area contributed by atoms with Gasteiger partial charge < -0.3 is 14.5 Å². The molecule has 1 spiro atoms. The lowest BCUT2D eigenvalue weighted by atomic mass is 9.80. The van der Waals surface area contributed by atoms with Gasteiger partial charge in [-0.05, 0) is 63.0 Å². The Hall–Kier alpha value is -1.33. The third-order valence-corrected chi connectivity index (χ3v) is 6.22. The zero-order valence-electron chi connectivity index (χ0n) is 15.4. The number of carbonyl (C=O) groups is 1. The Morgan fingerprint density at radius 1 is 1.32 bits per heavy atom. The van der Waals surface area contributed by atoms with Gasteiger partial charge in [-0.3, -0.25) is 9.69 Å². The predicted octanol–water partition coefficient (Wildman–Crippen LogP) is 2.87. The molecule has 0 radical (unpaired) electrons. The van der Waals surface area contributed by atoms with Crippen molar-refractivity contribution in [3.05, 3.63) is 23.7 Å². The number of piperidine rings is 1. The lowest BCUT2D eigenvalue weighted by molar-refractivity contribution is -0.147. The molecular weight excluding hydrogens is 316 g/mol. The largest absolute Gasteiger partial charge is 0.465 e. The number of hydrogen-bond donors (Lipinski definition) is 1. The summed E-state index contributed by atoms with van der Waals surface area (Å²) in [5.74, 6) is 3.25. The van der Waals surface area contributed by atoms with E-state index in [0.717, 1.165) is 57.0 Å². The summed E-state index contributed by atoms with van der Waals surface area (Å²) in [6.45, 7) is 7.94. The minimum absolute atomic E-state index is 0.101. The van der Waals surface area contributed by atoms with Crippen molar-refractivity contribution in [3.8, 4) is 0 Å². The summed E-state index contributed by atoms with van der Waals surface area (Å²) in [4.78, 5) is 14.8. The monoisotopic (exact) mass is 346 g/mol. The molecule has 5 nitrogen and oxygen atoms in total. The van der Waals surface area contributed by atoms with E-state index in [-0.39, 0.29) is 17.6 Å². The first-order chi connectivity index (χ1) is 12.0. The van der Waals surface area contributed by atoms with Gasteiger partial charge in [-0.25, -0.2) is 0 Å². The minimum atomic E-state index is -0.250. The lowest BCUT2D eigenvalue weighted by Crippen LogP contribution is -2.51. The van der Waals surface area contributed by atoms with Crippen LogP contribution in [-0.4, -0.2) is 42.1 Å². The Labute approximate surface area is 150 Å². The number of ether oxygens (including phenoxy) is 1. The van der Waals surface area contributed by atoms with Gasteiger partial charge in [0.2, 0.25) is 5.91 Å². The van der Waals surface area contributed by atoms with Gasteiger partial charge in [0.15, 0.2) is 0 Å². The standard InChI is InChI=1S/C20H30N2O3/c1-14-12-22(13-17-6-3-15(2)24-17)10-9-20(14)8-7-18(25-20)19(23)21-11-16-4-5-16/h3,6,14,16,18H,4-5,7-13H2,1-2H3,(H,21,23)/t14-,18?,20+/m0/s1. The molecule has 1 saturated carbocycles. The van der Waals surface area contributed by atoms with E-state index in [1.807, 2.05) is 13.0 Å². The van der Waals surface area contributed by atoms with Crippen molar-refractivity contribution >= 4 is 5.91 Å². The fourth-order valence-electron chi connectivity index (χ4n) is 4.36. The van der Waals surface area contributed by atoms with Gasteiger partial charge in [0.25, 0.3) is 0 Å². The van der Waals surface area contributed by atoms with E-state index in [1.165, 1.54) is 12.8 Å². The maximum absolute atomic E-state index is 12.4. The molecule has 1 aromatic heterocycles. The van der Waals surface area contributed by atoms with Gasteiger partial charge in [0.1, 0.15) is 17.6 Å². The van der Waals surface area contributed by atoms with Crippen molar-refractivity contribution in [1.82, 2.24) is 10.2 Å². The number of nitrogens with zero attached hydrogens (tertiary/aromatic N) is 1. The zero-order valence-corrected chi connectivity index (χ0v) is 15.4. The van der Waals surface area contributed by atoms with Crippen LogP contribution in [0.4, 0.5) is 0 Å². The number of likely N-dealkylation sites (tertiary alicyclic amines) is 1. The number of furan rings is 1. The van der Waals surface area contributed by atoms with Gasteiger partial charge in [-0.2, -0.15) is 0 Å². The molecule has 3 atom stereocenters. The van der Waals surface area contributed by atoms with Gasteiger partial charge >= 0.3 is 0 Å². The highest BCUT2D eigenvalue weighted by molar-refractivity contribution is 5.81. The van der Waals surface area contributed by atoms with Crippen LogP contribution in [-0.2, 0) is 16.1 Å².